The molecule has 4 rings (SSSR count). The first-order valence-electron chi connectivity index (χ1n) is 9.68. The number of dihydropyridines is 1. The van der Waals surface area contributed by atoms with Crippen LogP contribution in [0.5, 0.6) is 5.75 Å². The van der Waals surface area contributed by atoms with E-state index in [9.17, 15) is 9.59 Å². The molecular weight excluding hydrogens is 402 g/mol. The maximum absolute atomic E-state index is 12.5. The fourth-order valence-corrected chi connectivity index (χ4v) is 3.77. The predicted molar refractivity (Wildman–Crippen MR) is 116 cm³/mol. The third-order valence-corrected chi connectivity index (χ3v) is 5.51. The summed E-state index contributed by atoms with van der Waals surface area (Å²) < 4.78 is 4.79. The van der Waals surface area contributed by atoms with E-state index in [4.69, 9.17) is 21.4 Å². The summed E-state index contributed by atoms with van der Waals surface area (Å²) >= 11 is 5.93. The average molecular weight is 426 g/mol. The second kappa shape index (κ2) is 9.63. The SMILES string of the molecule is COC(=O)C1=C(C)NC2=C(C1)C(=O)CC(c1ccc(Cl)cc1)C2.Oc1ccccc1. The van der Waals surface area contributed by atoms with E-state index in [1.54, 1.807) is 24.3 Å². The van der Waals surface area contributed by atoms with Gasteiger partial charge in [-0.1, -0.05) is 41.9 Å². The fourth-order valence-electron chi connectivity index (χ4n) is 3.65. The Hall–Kier alpha value is -3.05. The first-order chi connectivity index (χ1) is 14.4. The molecule has 1 aliphatic carbocycles. The van der Waals surface area contributed by atoms with Crippen LogP contribution in [-0.2, 0) is 14.3 Å². The molecule has 0 aromatic heterocycles. The summed E-state index contributed by atoms with van der Waals surface area (Å²) in [5.74, 6) is 0.169. The van der Waals surface area contributed by atoms with Gasteiger partial charge in [0.15, 0.2) is 5.78 Å². The van der Waals surface area contributed by atoms with E-state index in [1.807, 2.05) is 37.3 Å². The number of halogens is 1. The number of ketones is 1. The van der Waals surface area contributed by atoms with Gasteiger partial charge in [-0.05, 0) is 49.1 Å². The number of para-hydroxylation sites is 1. The molecule has 2 N–H and O–H groups in total. The number of phenols is 1. The van der Waals surface area contributed by atoms with Crippen LogP contribution >= 0.6 is 11.6 Å². The average Bonchev–Trinajstić information content (AvgIpc) is 2.74. The smallest absolute Gasteiger partial charge is 0.335 e. The highest BCUT2D eigenvalue weighted by Crippen LogP contribution is 2.38. The van der Waals surface area contributed by atoms with Crippen LogP contribution < -0.4 is 5.32 Å². The number of nitrogens with one attached hydrogen (secondary N) is 1. The Labute approximate surface area is 181 Å². The van der Waals surface area contributed by atoms with Gasteiger partial charge in [0.25, 0.3) is 0 Å². The molecule has 2 aromatic rings. The van der Waals surface area contributed by atoms with E-state index in [1.165, 1.54) is 7.11 Å². The number of hydrogen-bond donors (Lipinski definition) is 2. The zero-order chi connectivity index (χ0) is 21.7. The van der Waals surface area contributed by atoms with Crippen LogP contribution in [0.15, 0.2) is 77.1 Å². The minimum absolute atomic E-state index is 0.0904. The van der Waals surface area contributed by atoms with Crippen LogP contribution in [0.1, 0.15) is 37.7 Å². The fraction of sp³-hybridized carbons (Fsp3) is 0.250. The number of benzene rings is 2. The molecule has 1 atom stereocenters. The van der Waals surface area contributed by atoms with Crippen molar-refractivity contribution in [2.75, 3.05) is 7.11 Å². The molecule has 1 aliphatic heterocycles. The van der Waals surface area contributed by atoms with E-state index in [0.29, 0.717) is 34.8 Å². The molecule has 0 saturated carbocycles. The second-order valence-electron chi connectivity index (χ2n) is 7.27. The number of allylic oxidation sites excluding steroid dienone is 3. The van der Waals surface area contributed by atoms with Gasteiger partial charge in [-0.3, -0.25) is 4.79 Å². The van der Waals surface area contributed by atoms with E-state index < -0.39 is 0 Å². The number of hydrogen-bond acceptors (Lipinski definition) is 5. The molecule has 5 nitrogen and oxygen atoms in total. The van der Waals surface area contributed by atoms with Gasteiger partial charge in [-0.25, -0.2) is 4.79 Å². The Morgan fingerprint density at radius 1 is 1.10 bits per heavy atom. The number of phenolic OH excluding ortho intramolecular Hbond substituents is 1. The van der Waals surface area contributed by atoms with Crippen molar-refractivity contribution in [3.05, 3.63) is 87.7 Å². The number of ether oxygens (including phenoxy) is 1. The molecule has 0 spiro atoms. The van der Waals surface area contributed by atoms with Gasteiger partial charge in [0.1, 0.15) is 5.75 Å². The zero-order valence-corrected chi connectivity index (χ0v) is 17.7. The van der Waals surface area contributed by atoms with E-state index in [-0.39, 0.29) is 17.7 Å². The van der Waals surface area contributed by atoms with E-state index in [2.05, 4.69) is 5.32 Å². The van der Waals surface area contributed by atoms with Gasteiger partial charge in [0, 0.05) is 34.8 Å². The number of rotatable bonds is 2. The van der Waals surface area contributed by atoms with Crippen molar-refractivity contribution >= 4 is 23.4 Å². The van der Waals surface area contributed by atoms with Crippen LogP contribution in [0.3, 0.4) is 0 Å². The molecule has 156 valence electrons. The Kier molecular flexibility index (Phi) is 6.95. The van der Waals surface area contributed by atoms with Crippen LogP contribution in [0.2, 0.25) is 5.02 Å². The zero-order valence-electron chi connectivity index (χ0n) is 16.9. The van der Waals surface area contributed by atoms with Gasteiger partial charge >= 0.3 is 5.97 Å². The summed E-state index contributed by atoms with van der Waals surface area (Å²) in [5, 5.41) is 12.6. The minimum atomic E-state index is -0.380. The highest BCUT2D eigenvalue weighted by atomic mass is 35.5. The Morgan fingerprint density at radius 2 is 1.77 bits per heavy atom. The van der Waals surface area contributed by atoms with Crippen molar-refractivity contribution in [2.24, 2.45) is 0 Å². The Bertz CT molecular complexity index is 994. The third-order valence-electron chi connectivity index (χ3n) is 5.26. The van der Waals surface area contributed by atoms with Gasteiger partial charge in [-0.2, -0.15) is 0 Å². The Morgan fingerprint density at radius 3 is 2.33 bits per heavy atom. The third kappa shape index (κ3) is 5.10. The van der Waals surface area contributed by atoms with Crippen molar-refractivity contribution in [3.8, 4) is 5.75 Å². The quantitative estimate of drug-likeness (QED) is 0.671. The predicted octanol–water partition coefficient (Wildman–Crippen LogP) is 4.87. The molecule has 0 saturated heterocycles. The van der Waals surface area contributed by atoms with Crippen LogP contribution in [0.4, 0.5) is 0 Å². The largest absolute Gasteiger partial charge is 0.508 e. The van der Waals surface area contributed by atoms with Crippen molar-refractivity contribution in [1.29, 1.82) is 0 Å². The number of aromatic hydroxyl groups is 1. The van der Waals surface area contributed by atoms with Crippen LogP contribution in [-0.4, -0.2) is 24.0 Å². The molecule has 0 bridgehead atoms. The van der Waals surface area contributed by atoms with Crippen LogP contribution in [0, 0.1) is 0 Å². The van der Waals surface area contributed by atoms with Crippen molar-refractivity contribution < 1.29 is 19.4 Å². The lowest BCUT2D eigenvalue weighted by Gasteiger charge is -2.31. The first kappa shape index (κ1) is 21.7. The summed E-state index contributed by atoms with van der Waals surface area (Å²) in [5.41, 5.74) is 4.04. The lowest BCUT2D eigenvalue weighted by molar-refractivity contribution is -0.136. The topological polar surface area (TPSA) is 75.6 Å². The van der Waals surface area contributed by atoms with Gasteiger partial charge in [0.05, 0.1) is 12.7 Å². The summed E-state index contributed by atoms with van der Waals surface area (Å²) in [4.78, 5) is 24.4. The number of carbonyl (C=O) groups excluding carboxylic acids is 2. The summed E-state index contributed by atoms with van der Waals surface area (Å²) in [6.45, 7) is 1.84. The normalized spacial score (nSPS) is 18.1. The number of Topliss-reactive ketones (excluding diaryl/α,β-unsaturated/α-hetero) is 1. The molecule has 30 heavy (non-hydrogen) atoms. The highest BCUT2D eigenvalue weighted by Gasteiger charge is 2.33. The molecular formula is C24H24ClNO4. The number of esters is 1. The molecule has 2 aliphatic rings. The molecule has 0 fully saturated rings. The van der Waals surface area contributed by atoms with Crippen LogP contribution in [0.25, 0.3) is 0 Å². The molecule has 1 unspecified atom stereocenters. The number of carbonyl (C=O) groups is 2. The summed E-state index contributed by atoms with van der Waals surface area (Å²) in [6, 6.07) is 16.3. The highest BCUT2D eigenvalue weighted by molar-refractivity contribution is 6.30. The summed E-state index contributed by atoms with van der Waals surface area (Å²) in [7, 11) is 1.35. The van der Waals surface area contributed by atoms with Crippen molar-refractivity contribution in [1.82, 2.24) is 5.32 Å². The van der Waals surface area contributed by atoms with Gasteiger partial charge in [-0.15, -0.1) is 0 Å². The van der Waals surface area contributed by atoms with Gasteiger partial charge < -0.3 is 15.2 Å². The maximum atomic E-state index is 12.5. The lowest BCUT2D eigenvalue weighted by Crippen LogP contribution is -2.31. The van der Waals surface area contributed by atoms with E-state index in [0.717, 1.165) is 23.4 Å². The lowest BCUT2D eigenvalue weighted by atomic mass is 9.78. The molecule has 0 amide bonds. The molecule has 6 heteroatoms. The minimum Gasteiger partial charge on any atom is -0.508 e. The van der Waals surface area contributed by atoms with E-state index >= 15 is 0 Å². The maximum Gasteiger partial charge on any atom is 0.335 e. The standard InChI is InChI=1S/C18H18ClNO3.C6H6O/c1-10-14(18(22)23-2)9-15-16(20-10)7-12(8-17(15)21)11-3-5-13(19)6-4-11;7-6-4-2-1-3-5-6/h3-6,12,20H,7-9H2,1-2H3;1-5,7H. The molecule has 2 aromatic carbocycles. The molecule has 1 heterocycles. The molecule has 0 radical (unpaired) electrons. The van der Waals surface area contributed by atoms with Gasteiger partial charge in [0.2, 0.25) is 0 Å². The van der Waals surface area contributed by atoms with Crippen molar-refractivity contribution in [3.63, 3.8) is 0 Å². The second-order valence-corrected chi connectivity index (χ2v) is 7.71. The first-order valence-corrected chi connectivity index (χ1v) is 10.1. The Balaban J connectivity index is 0.000000310. The van der Waals surface area contributed by atoms with Crippen molar-refractivity contribution in [2.45, 2.75) is 32.1 Å². The number of methoxy groups -OCH3 is 1. The summed E-state index contributed by atoms with van der Waals surface area (Å²) in [6.07, 6.45) is 1.57. The monoisotopic (exact) mass is 425 g/mol.